The van der Waals surface area contributed by atoms with E-state index in [1.165, 1.54) is 12.8 Å². The standard InChI is InChI=1S/C10H23NO3Si/c1-11-7-5-4-6-10-15(12-2,13-3)14-9-8-11/h4-10H2,1-3H3. The highest BCUT2D eigenvalue weighted by Crippen LogP contribution is 2.19. The zero-order chi connectivity index (χ0) is 11.1. The molecule has 0 radical (unpaired) electrons. The maximum Gasteiger partial charge on any atom is 0.500 e. The van der Waals surface area contributed by atoms with Gasteiger partial charge in [-0.15, -0.1) is 0 Å². The van der Waals surface area contributed by atoms with Crippen molar-refractivity contribution in [3.63, 3.8) is 0 Å². The first kappa shape index (κ1) is 13.1. The summed E-state index contributed by atoms with van der Waals surface area (Å²) >= 11 is 0. The fourth-order valence-corrected chi connectivity index (χ4v) is 3.89. The molecule has 0 saturated carbocycles. The minimum Gasteiger partial charge on any atom is -0.377 e. The molecule has 0 bridgehead atoms. The van der Waals surface area contributed by atoms with Gasteiger partial charge in [0.25, 0.3) is 0 Å². The fourth-order valence-electron chi connectivity index (χ4n) is 1.85. The van der Waals surface area contributed by atoms with Crippen LogP contribution >= 0.6 is 0 Å². The topological polar surface area (TPSA) is 30.9 Å². The van der Waals surface area contributed by atoms with Crippen molar-refractivity contribution in [2.45, 2.75) is 25.3 Å². The van der Waals surface area contributed by atoms with Gasteiger partial charge in [0.1, 0.15) is 0 Å². The molecule has 1 rings (SSSR count). The molecule has 15 heavy (non-hydrogen) atoms. The van der Waals surface area contributed by atoms with E-state index in [2.05, 4.69) is 11.9 Å². The van der Waals surface area contributed by atoms with Crippen LogP contribution in [0.15, 0.2) is 0 Å². The predicted octanol–water partition coefficient (Wildman–Crippen LogP) is 1.35. The van der Waals surface area contributed by atoms with Gasteiger partial charge in [0.2, 0.25) is 0 Å². The van der Waals surface area contributed by atoms with Gasteiger partial charge in [0, 0.05) is 26.8 Å². The molecule has 1 fully saturated rings. The average molecular weight is 233 g/mol. The van der Waals surface area contributed by atoms with Crippen molar-refractivity contribution < 1.29 is 13.3 Å². The van der Waals surface area contributed by atoms with E-state index in [0.29, 0.717) is 6.61 Å². The lowest BCUT2D eigenvalue weighted by atomic mass is 10.2. The Morgan fingerprint density at radius 2 is 1.80 bits per heavy atom. The van der Waals surface area contributed by atoms with Gasteiger partial charge in [0.05, 0.1) is 6.61 Å². The summed E-state index contributed by atoms with van der Waals surface area (Å²) in [5, 5.41) is 0. The molecule has 0 N–H and O–H groups in total. The highest BCUT2D eigenvalue weighted by Gasteiger charge is 2.38. The summed E-state index contributed by atoms with van der Waals surface area (Å²) in [5.41, 5.74) is 0. The lowest BCUT2D eigenvalue weighted by Crippen LogP contribution is -2.45. The van der Waals surface area contributed by atoms with Gasteiger partial charge >= 0.3 is 8.80 Å². The lowest BCUT2D eigenvalue weighted by molar-refractivity contribution is 0.0853. The van der Waals surface area contributed by atoms with Gasteiger partial charge in [-0.2, -0.15) is 0 Å². The van der Waals surface area contributed by atoms with Crippen LogP contribution in [0.2, 0.25) is 6.04 Å². The second-order valence-corrected chi connectivity index (χ2v) is 7.02. The van der Waals surface area contributed by atoms with Gasteiger partial charge in [-0.3, -0.25) is 0 Å². The zero-order valence-corrected chi connectivity index (χ0v) is 11.1. The van der Waals surface area contributed by atoms with Gasteiger partial charge in [-0.25, -0.2) is 0 Å². The minimum atomic E-state index is -2.32. The first-order valence-corrected chi connectivity index (χ1v) is 7.58. The maximum absolute atomic E-state index is 5.83. The first-order chi connectivity index (χ1) is 7.22. The Balaban J connectivity index is 2.49. The van der Waals surface area contributed by atoms with Gasteiger partial charge in [-0.1, -0.05) is 6.42 Å². The van der Waals surface area contributed by atoms with E-state index < -0.39 is 8.80 Å². The Labute approximate surface area is 93.9 Å². The molecule has 0 spiro atoms. The number of nitrogens with zero attached hydrogens (tertiary/aromatic N) is 1. The molecule has 0 amide bonds. The number of hydrogen-bond donors (Lipinski definition) is 0. The van der Waals surface area contributed by atoms with Crippen molar-refractivity contribution in [2.24, 2.45) is 0 Å². The molecule has 1 heterocycles. The summed E-state index contributed by atoms with van der Waals surface area (Å²) in [6.07, 6.45) is 3.63. The van der Waals surface area contributed by atoms with Gasteiger partial charge in [-0.05, 0) is 26.4 Å². The van der Waals surface area contributed by atoms with E-state index in [-0.39, 0.29) is 0 Å². The van der Waals surface area contributed by atoms with Crippen LogP contribution < -0.4 is 0 Å². The maximum atomic E-state index is 5.83. The van der Waals surface area contributed by atoms with Gasteiger partial charge in [0.15, 0.2) is 0 Å². The molecule has 0 unspecified atom stereocenters. The molecule has 0 aromatic carbocycles. The van der Waals surface area contributed by atoms with Crippen molar-refractivity contribution in [2.75, 3.05) is 41.0 Å². The number of rotatable bonds is 2. The van der Waals surface area contributed by atoms with Crippen molar-refractivity contribution in [1.82, 2.24) is 4.90 Å². The summed E-state index contributed by atoms with van der Waals surface area (Å²) in [4.78, 5) is 2.30. The normalized spacial score (nSPS) is 25.0. The van der Waals surface area contributed by atoms with Crippen LogP contribution in [0.25, 0.3) is 0 Å². The molecule has 4 nitrogen and oxygen atoms in total. The van der Waals surface area contributed by atoms with E-state index in [0.717, 1.165) is 25.6 Å². The molecule has 1 saturated heterocycles. The molecule has 5 heteroatoms. The van der Waals surface area contributed by atoms with Crippen LogP contribution in [-0.2, 0) is 13.3 Å². The summed E-state index contributed by atoms with van der Waals surface area (Å²) in [7, 11) is 3.21. The molecule has 0 aromatic heterocycles. The SMILES string of the molecule is CO[Si]1(OC)CCCCCN(C)CCO1. The van der Waals surface area contributed by atoms with Crippen molar-refractivity contribution in [3.8, 4) is 0 Å². The third-order valence-electron chi connectivity index (χ3n) is 2.94. The van der Waals surface area contributed by atoms with Crippen LogP contribution in [0.1, 0.15) is 19.3 Å². The Morgan fingerprint density at radius 1 is 1.07 bits per heavy atom. The lowest BCUT2D eigenvalue weighted by Gasteiger charge is -2.29. The van der Waals surface area contributed by atoms with E-state index in [4.69, 9.17) is 13.3 Å². The second-order valence-electron chi connectivity index (χ2n) is 4.05. The largest absolute Gasteiger partial charge is 0.500 e. The first-order valence-electron chi connectivity index (χ1n) is 5.65. The molecule has 1 aliphatic rings. The predicted molar refractivity (Wildman–Crippen MR) is 61.9 cm³/mol. The zero-order valence-electron chi connectivity index (χ0n) is 10.1. The van der Waals surface area contributed by atoms with Gasteiger partial charge < -0.3 is 18.2 Å². The summed E-state index contributed by atoms with van der Waals surface area (Å²) in [5.74, 6) is 0. The van der Waals surface area contributed by atoms with Crippen molar-refractivity contribution in [1.29, 1.82) is 0 Å². The van der Waals surface area contributed by atoms with Crippen LogP contribution in [0.5, 0.6) is 0 Å². The van der Waals surface area contributed by atoms with E-state index in [9.17, 15) is 0 Å². The quantitative estimate of drug-likeness (QED) is 0.674. The van der Waals surface area contributed by atoms with E-state index >= 15 is 0 Å². The van der Waals surface area contributed by atoms with Crippen LogP contribution in [0, 0.1) is 0 Å². The van der Waals surface area contributed by atoms with Crippen LogP contribution in [0.3, 0.4) is 0 Å². The third kappa shape index (κ3) is 4.20. The summed E-state index contributed by atoms with van der Waals surface area (Å²) in [6.45, 7) is 2.84. The molecule has 0 atom stereocenters. The summed E-state index contributed by atoms with van der Waals surface area (Å²) in [6, 6.07) is 0.948. The highest BCUT2D eigenvalue weighted by molar-refractivity contribution is 6.60. The monoisotopic (exact) mass is 233 g/mol. The second kappa shape index (κ2) is 6.60. The molecule has 0 aliphatic carbocycles. The summed E-state index contributed by atoms with van der Waals surface area (Å²) < 4.78 is 16.8. The average Bonchev–Trinajstić information content (AvgIpc) is 2.27. The molecule has 1 aliphatic heterocycles. The minimum absolute atomic E-state index is 0.713. The third-order valence-corrected chi connectivity index (χ3v) is 5.79. The Hall–Kier alpha value is 0.0569. The Kier molecular flexibility index (Phi) is 5.77. The van der Waals surface area contributed by atoms with Crippen LogP contribution in [-0.4, -0.2) is 54.7 Å². The Morgan fingerprint density at radius 3 is 2.47 bits per heavy atom. The molecule has 0 aromatic rings. The molecular weight excluding hydrogens is 210 g/mol. The number of likely N-dealkylation sites (N-methyl/N-ethyl adjacent to an activating group) is 1. The fraction of sp³-hybridized carbons (Fsp3) is 1.00. The Bertz CT molecular complexity index is 176. The molecule has 90 valence electrons. The van der Waals surface area contributed by atoms with E-state index in [1.807, 2.05) is 0 Å². The smallest absolute Gasteiger partial charge is 0.377 e. The number of hydrogen-bond acceptors (Lipinski definition) is 4. The van der Waals surface area contributed by atoms with Crippen LogP contribution in [0.4, 0.5) is 0 Å². The van der Waals surface area contributed by atoms with Crippen molar-refractivity contribution >= 4 is 8.80 Å². The van der Waals surface area contributed by atoms with E-state index in [1.54, 1.807) is 14.2 Å². The molecular formula is C10H23NO3Si. The highest BCUT2D eigenvalue weighted by atomic mass is 28.4. The van der Waals surface area contributed by atoms with Crippen molar-refractivity contribution in [3.05, 3.63) is 0 Å².